The van der Waals surface area contributed by atoms with Crippen LogP contribution in [0, 0.1) is 0 Å². The Balaban J connectivity index is 1.55. The van der Waals surface area contributed by atoms with Crippen LogP contribution in [0.15, 0.2) is 48.5 Å². The molecule has 2 aromatic carbocycles. The number of carbonyl (C=O) groups is 1. The number of aromatic amines is 1. The Hall–Kier alpha value is -3.28. The molecular weight excluding hydrogens is 342 g/mol. The van der Waals surface area contributed by atoms with Crippen molar-refractivity contribution in [1.82, 2.24) is 15.1 Å². The molecule has 27 heavy (non-hydrogen) atoms. The first kappa shape index (κ1) is 17.1. The van der Waals surface area contributed by atoms with E-state index in [4.69, 9.17) is 9.47 Å². The summed E-state index contributed by atoms with van der Waals surface area (Å²) in [5, 5.41) is 7.19. The minimum atomic E-state index is -0.0508. The lowest BCUT2D eigenvalue weighted by Crippen LogP contribution is -2.36. The highest BCUT2D eigenvalue weighted by molar-refractivity contribution is 5.93. The first-order valence-corrected chi connectivity index (χ1v) is 8.83. The van der Waals surface area contributed by atoms with Gasteiger partial charge in [0.1, 0.15) is 17.2 Å². The van der Waals surface area contributed by atoms with Crippen molar-refractivity contribution in [2.75, 3.05) is 20.8 Å². The van der Waals surface area contributed by atoms with Gasteiger partial charge in [0.25, 0.3) is 5.91 Å². The molecule has 0 unspecified atom stereocenters. The highest BCUT2D eigenvalue weighted by Gasteiger charge is 2.24. The number of para-hydroxylation sites is 1. The second-order valence-electron chi connectivity index (χ2n) is 6.48. The smallest absolute Gasteiger partial charge is 0.272 e. The Bertz CT molecular complexity index is 980. The first-order chi connectivity index (χ1) is 13.2. The number of fused-ring (bicyclic) bond motifs is 1. The Labute approximate surface area is 157 Å². The second kappa shape index (κ2) is 7.15. The number of hydrogen-bond donors (Lipinski definition) is 1. The van der Waals surface area contributed by atoms with E-state index in [1.165, 1.54) is 5.56 Å². The molecular formula is C21H21N3O3. The van der Waals surface area contributed by atoms with Gasteiger partial charge < -0.3 is 14.4 Å². The maximum atomic E-state index is 12.9. The van der Waals surface area contributed by atoms with Crippen molar-refractivity contribution in [1.29, 1.82) is 0 Å². The zero-order valence-corrected chi connectivity index (χ0v) is 15.4. The minimum absolute atomic E-state index is 0.0508. The van der Waals surface area contributed by atoms with Crippen LogP contribution in [0.3, 0.4) is 0 Å². The predicted octanol–water partition coefficient (Wildman–Crippen LogP) is 3.29. The largest absolute Gasteiger partial charge is 0.497 e. The number of amides is 1. The van der Waals surface area contributed by atoms with E-state index >= 15 is 0 Å². The van der Waals surface area contributed by atoms with Gasteiger partial charge in [-0.3, -0.25) is 9.89 Å². The molecule has 3 aromatic rings. The van der Waals surface area contributed by atoms with Crippen LogP contribution in [0.25, 0.3) is 11.3 Å². The summed E-state index contributed by atoms with van der Waals surface area (Å²) in [5.41, 5.74) is 4.41. The topological polar surface area (TPSA) is 67.4 Å². The summed E-state index contributed by atoms with van der Waals surface area (Å²) in [6, 6.07) is 15.4. The number of hydrogen-bond acceptors (Lipinski definition) is 4. The van der Waals surface area contributed by atoms with E-state index in [2.05, 4.69) is 10.2 Å². The molecule has 1 aliphatic heterocycles. The minimum Gasteiger partial charge on any atom is -0.497 e. The van der Waals surface area contributed by atoms with E-state index in [1.54, 1.807) is 20.3 Å². The highest BCUT2D eigenvalue weighted by Crippen LogP contribution is 2.29. The molecule has 0 saturated carbocycles. The van der Waals surface area contributed by atoms with E-state index < -0.39 is 0 Å². The van der Waals surface area contributed by atoms with Crippen LogP contribution in [0.5, 0.6) is 11.5 Å². The van der Waals surface area contributed by atoms with Crippen LogP contribution in [-0.4, -0.2) is 41.8 Å². The van der Waals surface area contributed by atoms with Gasteiger partial charge in [0.2, 0.25) is 0 Å². The SMILES string of the molecule is COc1ccc2c(c1)CCN(C(=O)c1cc(-c3ccccc3OC)n[nH]1)C2. The number of nitrogens with zero attached hydrogens (tertiary/aromatic N) is 2. The van der Waals surface area contributed by atoms with Gasteiger partial charge in [-0.2, -0.15) is 5.10 Å². The van der Waals surface area contributed by atoms with E-state index in [0.717, 1.165) is 29.0 Å². The second-order valence-corrected chi connectivity index (χ2v) is 6.48. The first-order valence-electron chi connectivity index (χ1n) is 8.83. The van der Waals surface area contributed by atoms with Gasteiger partial charge in [0, 0.05) is 18.7 Å². The van der Waals surface area contributed by atoms with E-state index in [9.17, 15) is 4.79 Å². The number of aromatic nitrogens is 2. The van der Waals surface area contributed by atoms with Crippen molar-refractivity contribution in [2.45, 2.75) is 13.0 Å². The lowest BCUT2D eigenvalue weighted by atomic mass is 9.99. The fourth-order valence-corrected chi connectivity index (χ4v) is 3.43. The van der Waals surface area contributed by atoms with E-state index in [0.29, 0.717) is 24.5 Å². The van der Waals surface area contributed by atoms with Crippen LogP contribution < -0.4 is 9.47 Å². The number of carbonyl (C=O) groups excluding carboxylic acids is 1. The van der Waals surface area contributed by atoms with Crippen LogP contribution in [0.1, 0.15) is 21.6 Å². The number of benzene rings is 2. The van der Waals surface area contributed by atoms with Gasteiger partial charge in [-0.25, -0.2) is 0 Å². The normalized spacial score (nSPS) is 13.2. The number of ether oxygens (including phenoxy) is 2. The van der Waals surface area contributed by atoms with E-state index in [1.807, 2.05) is 47.4 Å². The summed E-state index contributed by atoms with van der Waals surface area (Å²) in [4.78, 5) is 14.8. The number of methoxy groups -OCH3 is 2. The average molecular weight is 363 g/mol. The van der Waals surface area contributed by atoms with Crippen LogP contribution in [0.2, 0.25) is 0 Å². The number of rotatable bonds is 4. The molecule has 138 valence electrons. The third-order valence-electron chi connectivity index (χ3n) is 4.90. The maximum Gasteiger partial charge on any atom is 0.272 e. The van der Waals surface area contributed by atoms with Gasteiger partial charge in [0.15, 0.2) is 0 Å². The summed E-state index contributed by atoms with van der Waals surface area (Å²) in [5.74, 6) is 1.53. The molecule has 0 spiro atoms. The lowest BCUT2D eigenvalue weighted by molar-refractivity contribution is 0.0728. The van der Waals surface area contributed by atoms with Crippen molar-refractivity contribution in [3.05, 3.63) is 65.4 Å². The zero-order chi connectivity index (χ0) is 18.8. The molecule has 0 aliphatic carbocycles. The van der Waals surface area contributed by atoms with Crippen molar-refractivity contribution < 1.29 is 14.3 Å². The lowest BCUT2D eigenvalue weighted by Gasteiger charge is -2.28. The van der Waals surface area contributed by atoms with Gasteiger partial charge in [0.05, 0.1) is 19.9 Å². The molecule has 1 aromatic heterocycles. The zero-order valence-electron chi connectivity index (χ0n) is 15.4. The molecule has 6 nitrogen and oxygen atoms in total. The van der Waals surface area contributed by atoms with Crippen LogP contribution in [-0.2, 0) is 13.0 Å². The van der Waals surface area contributed by atoms with Crippen LogP contribution in [0.4, 0.5) is 0 Å². The molecule has 0 bridgehead atoms. The summed E-state index contributed by atoms with van der Waals surface area (Å²) in [7, 11) is 3.29. The third kappa shape index (κ3) is 3.26. The molecule has 0 saturated heterocycles. The fourth-order valence-electron chi connectivity index (χ4n) is 3.43. The number of H-pyrrole nitrogens is 1. The van der Waals surface area contributed by atoms with Gasteiger partial charge in [-0.05, 0) is 47.9 Å². The Morgan fingerprint density at radius 3 is 2.74 bits per heavy atom. The quantitative estimate of drug-likeness (QED) is 0.772. The molecule has 1 N–H and O–H groups in total. The molecule has 6 heteroatoms. The van der Waals surface area contributed by atoms with Crippen molar-refractivity contribution in [3.63, 3.8) is 0 Å². The summed E-state index contributed by atoms with van der Waals surface area (Å²) < 4.78 is 10.7. The Morgan fingerprint density at radius 2 is 1.93 bits per heavy atom. The van der Waals surface area contributed by atoms with Crippen LogP contribution >= 0.6 is 0 Å². The Kier molecular flexibility index (Phi) is 4.54. The monoisotopic (exact) mass is 363 g/mol. The Morgan fingerprint density at radius 1 is 1.07 bits per heavy atom. The summed E-state index contributed by atoms with van der Waals surface area (Å²) >= 11 is 0. The average Bonchev–Trinajstić information content (AvgIpc) is 3.22. The van der Waals surface area contributed by atoms with Crippen molar-refractivity contribution >= 4 is 5.91 Å². The molecule has 0 fully saturated rings. The maximum absolute atomic E-state index is 12.9. The molecule has 4 rings (SSSR count). The van der Waals surface area contributed by atoms with Gasteiger partial charge in [-0.15, -0.1) is 0 Å². The fraction of sp³-hybridized carbons (Fsp3) is 0.238. The standard InChI is InChI=1S/C21H21N3O3/c1-26-16-8-7-15-13-24(10-9-14(15)11-16)21(25)19-12-18(22-23-19)17-5-3-4-6-20(17)27-2/h3-8,11-12H,9-10,13H2,1-2H3,(H,22,23). The number of nitrogens with one attached hydrogen (secondary N) is 1. The predicted molar refractivity (Wildman–Crippen MR) is 102 cm³/mol. The molecule has 1 amide bonds. The molecule has 0 radical (unpaired) electrons. The van der Waals surface area contributed by atoms with E-state index in [-0.39, 0.29) is 5.91 Å². The summed E-state index contributed by atoms with van der Waals surface area (Å²) in [6.07, 6.45) is 0.811. The molecule has 1 aliphatic rings. The molecule has 0 atom stereocenters. The van der Waals surface area contributed by atoms with Crippen molar-refractivity contribution in [2.24, 2.45) is 0 Å². The third-order valence-corrected chi connectivity index (χ3v) is 4.90. The van der Waals surface area contributed by atoms with Gasteiger partial charge in [-0.1, -0.05) is 18.2 Å². The van der Waals surface area contributed by atoms with Gasteiger partial charge >= 0.3 is 0 Å². The van der Waals surface area contributed by atoms with Crippen molar-refractivity contribution in [3.8, 4) is 22.8 Å². The summed E-state index contributed by atoms with van der Waals surface area (Å²) in [6.45, 7) is 1.25. The highest BCUT2D eigenvalue weighted by atomic mass is 16.5. The molecule has 2 heterocycles.